The zero-order chi connectivity index (χ0) is 19.2. The van der Waals surface area contributed by atoms with Gasteiger partial charge in [-0.3, -0.25) is 19.5 Å². The van der Waals surface area contributed by atoms with Crippen LogP contribution in [0.25, 0.3) is 0 Å². The Bertz CT molecular complexity index is 758. The van der Waals surface area contributed by atoms with Crippen LogP contribution < -0.4 is 5.32 Å². The van der Waals surface area contributed by atoms with Crippen molar-refractivity contribution in [3.05, 3.63) is 66.0 Å². The normalized spacial score (nSPS) is 17.2. The summed E-state index contributed by atoms with van der Waals surface area (Å²) < 4.78 is 0. The highest BCUT2D eigenvalue weighted by molar-refractivity contribution is 5.94. The highest BCUT2D eigenvalue weighted by Crippen LogP contribution is 2.14. The lowest BCUT2D eigenvalue weighted by Crippen LogP contribution is -2.55. The van der Waals surface area contributed by atoms with Crippen molar-refractivity contribution >= 4 is 11.8 Å². The van der Waals surface area contributed by atoms with Gasteiger partial charge in [-0.1, -0.05) is 30.3 Å². The van der Waals surface area contributed by atoms with Gasteiger partial charge in [0, 0.05) is 38.6 Å². The summed E-state index contributed by atoms with van der Waals surface area (Å²) in [5, 5.41) is 3.08. The third kappa shape index (κ3) is 4.71. The van der Waals surface area contributed by atoms with E-state index in [1.165, 1.54) is 0 Å². The maximum atomic E-state index is 12.6. The standard InChI is InChI=1S/C21H26N4O2/c1-16(18-7-4-3-5-8-18)23-20(26)17(2)24-11-13-25(14-12-24)21(27)19-9-6-10-22-15-19/h3-10,15-17H,11-14H2,1-2H3,(H,23,26). The van der Waals surface area contributed by atoms with Crippen LogP contribution in [0.2, 0.25) is 0 Å². The predicted octanol–water partition coefficient (Wildman–Crippen LogP) is 2.11. The summed E-state index contributed by atoms with van der Waals surface area (Å²) >= 11 is 0. The van der Waals surface area contributed by atoms with E-state index in [4.69, 9.17) is 0 Å². The molecule has 0 bridgehead atoms. The van der Waals surface area contributed by atoms with Crippen molar-refractivity contribution in [3.63, 3.8) is 0 Å². The molecule has 1 aliphatic heterocycles. The monoisotopic (exact) mass is 366 g/mol. The van der Waals surface area contributed by atoms with Crippen LogP contribution in [-0.2, 0) is 4.79 Å². The molecule has 2 unspecified atom stereocenters. The van der Waals surface area contributed by atoms with Crippen molar-refractivity contribution in [2.75, 3.05) is 26.2 Å². The van der Waals surface area contributed by atoms with E-state index in [1.807, 2.05) is 49.1 Å². The van der Waals surface area contributed by atoms with Gasteiger partial charge in [-0.25, -0.2) is 0 Å². The molecular weight excluding hydrogens is 340 g/mol. The third-order valence-electron chi connectivity index (χ3n) is 5.10. The summed E-state index contributed by atoms with van der Waals surface area (Å²) in [4.78, 5) is 33.1. The Hall–Kier alpha value is -2.73. The average Bonchev–Trinajstić information content (AvgIpc) is 2.74. The summed E-state index contributed by atoms with van der Waals surface area (Å²) in [6, 6.07) is 13.2. The van der Waals surface area contributed by atoms with Crippen LogP contribution in [0.5, 0.6) is 0 Å². The van der Waals surface area contributed by atoms with Gasteiger partial charge < -0.3 is 10.2 Å². The minimum Gasteiger partial charge on any atom is -0.348 e. The fourth-order valence-electron chi connectivity index (χ4n) is 3.31. The van der Waals surface area contributed by atoms with Gasteiger partial charge in [0.2, 0.25) is 5.91 Å². The molecule has 1 aromatic carbocycles. The van der Waals surface area contributed by atoms with Crippen molar-refractivity contribution in [2.45, 2.75) is 25.9 Å². The Morgan fingerprint density at radius 2 is 1.70 bits per heavy atom. The SMILES string of the molecule is CC(NC(=O)C(C)N1CCN(C(=O)c2cccnc2)CC1)c1ccccc1. The molecule has 2 heterocycles. The first-order valence-corrected chi connectivity index (χ1v) is 9.35. The van der Waals surface area contributed by atoms with Crippen molar-refractivity contribution in [3.8, 4) is 0 Å². The first kappa shape index (κ1) is 19.0. The number of piperazine rings is 1. The van der Waals surface area contributed by atoms with E-state index in [-0.39, 0.29) is 23.9 Å². The second-order valence-electron chi connectivity index (χ2n) is 6.89. The molecule has 0 radical (unpaired) electrons. The summed E-state index contributed by atoms with van der Waals surface area (Å²) in [6.45, 7) is 6.50. The van der Waals surface area contributed by atoms with Crippen LogP contribution in [-0.4, -0.2) is 58.8 Å². The summed E-state index contributed by atoms with van der Waals surface area (Å²) in [7, 11) is 0. The number of nitrogens with zero attached hydrogens (tertiary/aromatic N) is 3. The molecular formula is C21H26N4O2. The molecule has 1 fully saturated rings. The first-order chi connectivity index (χ1) is 13.1. The van der Waals surface area contributed by atoms with Gasteiger partial charge in [0.05, 0.1) is 17.6 Å². The van der Waals surface area contributed by atoms with Gasteiger partial charge in [0.15, 0.2) is 0 Å². The number of carbonyl (C=O) groups is 2. The van der Waals surface area contributed by atoms with E-state index in [1.54, 1.807) is 24.5 Å². The Kier molecular flexibility index (Phi) is 6.19. The third-order valence-corrected chi connectivity index (χ3v) is 5.10. The van der Waals surface area contributed by atoms with Crippen molar-refractivity contribution in [1.29, 1.82) is 0 Å². The molecule has 27 heavy (non-hydrogen) atoms. The highest BCUT2D eigenvalue weighted by atomic mass is 16.2. The van der Waals surface area contributed by atoms with Crippen LogP contribution >= 0.6 is 0 Å². The Morgan fingerprint density at radius 3 is 2.33 bits per heavy atom. The van der Waals surface area contributed by atoms with E-state index in [9.17, 15) is 9.59 Å². The molecule has 1 saturated heterocycles. The van der Waals surface area contributed by atoms with Gasteiger partial charge in [-0.05, 0) is 31.5 Å². The molecule has 1 N–H and O–H groups in total. The predicted molar refractivity (Wildman–Crippen MR) is 104 cm³/mol. The molecule has 1 aliphatic rings. The molecule has 2 atom stereocenters. The van der Waals surface area contributed by atoms with E-state index in [0.29, 0.717) is 31.7 Å². The largest absolute Gasteiger partial charge is 0.348 e. The Balaban J connectivity index is 1.51. The number of benzene rings is 1. The molecule has 2 amide bonds. The summed E-state index contributed by atoms with van der Waals surface area (Å²) in [6.07, 6.45) is 3.25. The molecule has 2 aromatic rings. The minimum atomic E-state index is -0.230. The maximum Gasteiger partial charge on any atom is 0.255 e. The lowest BCUT2D eigenvalue weighted by Gasteiger charge is -2.37. The second-order valence-corrected chi connectivity index (χ2v) is 6.89. The van der Waals surface area contributed by atoms with Crippen LogP contribution in [0, 0.1) is 0 Å². The van der Waals surface area contributed by atoms with Crippen molar-refractivity contribution in [1.82, 2.24) is 20.1 Å². The number of aromatic nitrogens is 1. The molecule has 1 aromatic heterocycles. The van der Waals surface area contributed by atoms with E-state index in [2.05, 4.69) is 15.2 Å². The summed E-state index contributed by atoms with van der Waals surface area (Å²) in [5.41, 5.74) is 1.69. The van der Waals surface area contributed by atoms with Gasteiger partial charge in [-0.2, -0.15) is 0 Å². The van der Waals surface area contributed by atoms with Crippen LogP contribution in [0.3, 0.4) is 0 Å². The fourth-order valence-corrected chi connectivity index (χ4v) is 3.31. The smallest absolute Gasteiger partial charge is 0.255 e. The molecule has 3 rings (SSSR count). The number of pyridine rings is 1. The van der Waals surface area contributed by atoms with E-state index < -0.39 is 0 Å². The molecule has 142 valence electrons. The maximum absolute atomic E-state index is 12.6. The highest BCUT2D eigenvalue weighted by Gasteiger charge is 2.28. The van der Waals surface area contributed by atoms with E-state index in [0.717, 1.165) is 5.56 Å². The fraction of sp³-hybridized carbons (Fsp3) is 0.381. The van der Waals surface area contributed by atoms with Gasteiger partial charge >= 0.3 is 0 Å². The second kappa shape index (κ2) is 8.77. The summed E-state index contributed by atoms with van der Waals surface area (Å²) in [5.74, 6) is 0.0101. The van der Waals surface area contributed by atoms with E-state index >= 15 is 0 Å². The van der Waals surface area contributed by atoms with Gasteiger partial charge in [-0.15, -0.1) is 0 Å². The molecule has 6 nitrogen and oxygen atoms in total. The van der Waals surface area contributed by atoms with Gasteiger partial charge in [0.25, 0.3) is 5.91 Å². The van der Waals surface area contributed by atoms with Gasteiger partial charge in [0.1, 0.15) is 0 Å². The minimum absolute atomic E-state index is 0.00226. The lowest BCUT2D eigenvalue weighted by molar-refractivity contribution is -0.127. The zero-order valence-electron chi connectivity index (χ0n) is 15.8. The molecule has 6 heteroatoms. The molecule has 0 aliphatic carbocycles. The average molecular weight is 366 g/mol. The number of rotatable bonds is 5. The number of amides is 2. The zero-order valence-corrected chi connectivity index (χ0v) is 15.8. The molecule has 0 saturated carbocycles. The Labute approximate surface area is 160 Å². The lowest BCUT2D eigenvalue weighted by atomic mass is 10.1. The number of hydrogen-bond donors (Lipinski definition) is 1. The number of nitrogens with one attached hydrogen (secondary N) is 1. The van der Waals surface area contributed by atoms with Crippen molar-refractivity contribution < 1.29 is 9.59 Å². The van der Waals surface area contributed by atoms with Crippen molar-refractivity contribution in [2.24, 2.45) is 0 Å². The molecule has 0 spiro atoms. The van der Waals surface area contributed by atoms with Crippen LogP contribution in [0.15, 0.2) is 54.9 Å². The van der Waals surface area contributed by atoms with Crippen LogP contribution in [0.1, 0.15) is 35.8 Å². The Morgan fingerprint density at radius 1 is 1.00 bits per heavy atom. The quantitative estimate of drug-likeness (QED) is 0.880. The topological polar surface area (TPSA) is 65.5 Å². The van der Waals surface area contributed by atoms with Crippen LogP contribution in [0.4, 0.5) is 0 Å². The number of carbonyl (C=O) groups excluding carboxylic acids is 2. The first-order valence-electron chi connectivity index (χ1n) is 9.35. The number of hydrogen-bond acceptors (Lipinski definition) is 4.